The van der Waals surface area contributed by atoms with Crippen LogP contribution in [0.4, 0.5) is 14.9 Å². The topological polar surface area (TPSA) is 78.5 Å². The van der Waals surface area contributed by atoms with E-state index in [1.165, 1.54) is 22.7 Å². The maximum absolute atomic E-state index is 13.4. The number of urea groups is 1. The molecule has 8 heteroatoms. The Kier molecular flexibility index (Phi) is 5.36. The molecule has 0 atom stereocenters. The highest BCUT2D eigenvalue weighted by Gasteiger charge is 2.25. The Morgan fingerprint density at radius 1 is 1.32 bits per heavy atom. The van der Waals surface area contributed by atoms with Crippen molar-refractivity contribution in [1.82, 2.24) is 9.62 Å². The number of nitrogens with zero attached hydrogens (tertiary/aromatic N) is 1. The highest BCUT2D eigenvalue weighted by Crippen LogP contribution is 2.18. The molecule has 2 N–H and O–H groups in total. The van der Waals surface area contributed by atoms with E-state index in [1.807, 2.05) is 0 Å². The van der Waals surface area contributed by atoms with E-state index in [9.17, 15) is 17.6 Å². The number of halogens is 1. The summed E-state index contributed by atoms with van der Waals surface area (Å²) in [5.74, 6) is -0.261. The van der Waals surface area contributed by atoms with Crippen molar-refractivity contribution in [3.63, 3.8) is 0 Å². The van der Waals surface area contributed by atoms with Crippen molar-refractivity contribution < 1.29 is 17.6 Å². The standard InChI is InChI=1S/C14H20FN3O3S/c1-22(20,21)18-8-6-11(7-9-18)10-16-14(19)17-13-5-3-2-4-12(13)15/h2-5,11H,6-10H2,1H3,(H2,16,17,19). The number of nitrogens with one attached hydrogen (secondary N) is 2. The van der Waals surface area contributed by atoms with Crippen molar-refractivity contribution in [3.05, 3.63) is 30.1 Å². The van der Waals surface area contributed by atoms with Gasteiger partial charge in [-0.05, 0) is 30.9 Å². The number of para-hydroxylation sites is 1. The third kappa shape index (κ3) is 4.67. The van der Waals surface area contributed by atoms with Crippen LogP contribution in [0.25, 0.3) is 0 Å². The molecule has 6 nitrogen and oxygen atoms in total. The van der Waals surface area contributed by atoms with Gasteiger partial charge in [-0.2, -0.15) is 0 Å². The van der Waals surface area contributed by atoms with Crippen molar-refractivity contribution in [2.45, 2.75) is 12.8 Å². The number of hydrogen-bond acceptors (Lipinski definition) is 3. The van der Waals surface area contributed by atoms with E-state index in [1.54, 1.807) is 12.1 Å². The summed E-state index contributed by atoms with van der Waals surface area (Å²) in [6.07, 6.45) is 2.60. The monoisotopic (exact) mass is 329 g/mol. The molecule has 1 aliphatic rings. The van der Waals surface area contributed by atoms with Crippen molar-refractivity contribution in [2.75, 3.05) is 31.2 Å². The second kappa shape index (κ2) is 7.06. The highest BCUT2D eigenvalue weighted by atomic mass is 32.2. The zero-order chi connectivity index (χ0) is 16.2. The Morgan fingerprint density at radius 3 is 2.55 bits per heavy atom. The molecule has 1 fully saturated rings. The van der Waals surface area contributed by atoms with E-state index in [2.05, 4.69) is 10.6 Å². The summed E-state index contributed by atoms with van der Waals surface area (Å²) in [6.45, 7) is 1.39. The summed E-state index contributed by atoms with van der Waals surface area (Å²) in [5, 5.41) is 5.15. The summed E-state index contributed by atoms with van der Waals surface area (Å²) < 4.78 is 37.7. The van der Waals surface area contributed by atoms with Gasteiger partial charge in [0.15, 0.2) is 0 Å². The minimum atomic E-state index is -3.13. The minimum absolute atomic E-state index is 0.131. The van der Waals surface area contributed by atoms with Crippen LogP contribution in [0, 0.1) is 11.7 Å². The lowest BCUT2D eigenvalue weighted by Gasteiger charge is -2.30. The van der Waals surface area contributed by atoms with E-state index in [0.717, 1.165) is 0 Å². The van der Waals surface area contributed by atoms with Crippen LogP contribution in [0.5, 0.6) is 0 Å². The van der Waals surface area contributed by atoms with E-state index < -0.39 is 21.9 Å². The van der Waals surface area contributed by atoms with Crippen LogP contribution in [-0.4, -0.2) is 44.6 Å². The third-order valence-corrected chi connectivity index (χ3v) is 5.02. The summed E-state index contributed by atoms with van der Waals surface area (Å²) in [7, 11) is -3.13. The molecule has 0 unspecified atom stereocenters. The number of amides is 2. The van der Waals surface area contributed by atoms with Crippen molar-refractivity contribution >= 4 is 21.7 Å². The molecule has 0 bridgehead atoms. The van der Waals surface area contributed by atoms with Crippen LogP contribution in [0.15, 0.2) is 24.3 Å². The Morgan fingerprint density at radius 2 is 1.95 bits per heavy atom. The van der Waals surface area contributed by atoms with Gasteiger partial charge in [-0.1, -0.05) is 12.1 Å². The van der Waals surface area contributed by atoms with Crippen LogP contribution in [-0.2, 0) is 10.0 Å². The van der Waals surface area contributed by atoms with E-state index in [4.69, 9.17) is 0 Å². The van der Waals surface area contributed by atoms with Gasteiger partial charge in [0.1, 0.15) is 5.82 Å². The largest absolute Gasteiger partial charge is 0.338 e. The van der Waals surface area contributed by atoms with Gasteiger partial charge in [-0.3, -0.25) is 0 Å². The van der Waals surface area contributed by atoms with Crippen LogP contribution >= 0.6 is 0 Å². The molecular weight excluding hydrogens is 309 g/mol. The molecule has 2 amide bonds. The van der Waals surface area contributed by atoms with Gasteiger partial charge in [0, 0.05) is 19.6 Å². The maximum Gasteiger partial charge on any atom is 0.319 e. The molecule has 0 saturated carbocycles. The van der Waals surface area contributed by atoms with Gasteiger partial charge in [-0.15, -0.1) is 0 Å². The second-order valence-electron chi connectivity index (χ2n) is 5.42. The molecular formula is C14H20FN3O3S. The maximum atomic E-state index is 13.4. The number of anilines is 1. The van der Waals surface area contributed by atoms with Gasteiger partial charge in [0.05, 0.1) is 11.9 Å². The van der Waals surface area contributed by atoms with Crippen molar-refractivity contribution in [3.8, 4) is 0 Å². The van der Waals surface area contributed by atoms with Gasteiger partial charge in [0.2, 0.25) is 10.0 Å². The SMILES string of the molecule is CS(=O)(=O)N1CCC(CNC(=O)Nc2ccccc2F)CC1. The molecule has 1 aromatic rings. The Hall–Kier alpha value is -1.67. The Bertz CT molecular complexity index is 628. The first-order valence-electron chi connectivity index (χ1n) is 7.11. The Balaban J connectivity index is 1.75. The number of rotatable bonds is 4. The quantitative estimate of drug-likeness (QED) is 0.881. The lowest BCUT2D eigenvalue weighted by Crippen LogP contribution is -2.41. The summed E-state index contributed by atoms with van der Waals surface area (Å²) in [5.41, 5.74) is 0.131. The molecule has 1 aliphatic heterocycles. The first-order chi connectivity index (χ1) is 10.4. The zero-order valence-corrected chi connectivity index (χ0v) is 13.2. The van der Waals surface area contributed by atoms with Gasteiger partial charge in [0.25, 0.3) is 0 Å². The van der Waals surface area contributed by atoms with Crippen LogP contribution < -0.4 is 10.6 Å². The van der Waals surface area contributed by atoms with Gasteiger partial charge >= 0.3 is 6.03 Å². The zero-order valence-electron chi connectivity index (χ0n) is 12.4. The van der Waals surface area contributed by atoms with E-state index in [-0.39, 0.29) is 11.6 Å². The van der Waals surface area contributed by atoms with Crippen molar-refractivity contribution in [1.29, 1.82) is 0 Å². The first kappa shape index (κ1) is 16.7. The van der Waals surface area contributed by atoms with Crippen molar-refractivity contribution in [2.24, 2.45) is 5.92 Å². The molecule has 122 valence electrons. The van der Waals surface area contributed by atoms with E-state index >= 15 is 0 Å². The van der Waals surface area contributed by atoms with Crippen LogP contribution in [0.3, 0.4) is 0 Å². The average molecular weight is 329 g/mol. The number of piperidine rings is 1. The molecule has 2 rings (SSSR count). The fraction of sp³-hybridized carbons (Fsp3) is 0.500. The lowest BCUT2D eigenvalue weighted by molar-refractivity contribution is 0.240. The highest BCUT2D eigenvalue weighted by molar-refractivity contribution is 7.88. The second-order valence-corrected chi connectivity index (χ2v) is 7.40. The predicted molar refractivity (Wildman–Crippen MR) is 82.6 cm³/mol. The summed E-state index contributed by atoms with van der Waals surface area (Å²) >= 11 is 0. The number of hydrogen-bond donors (Lipinski definition) is 2. The third-order valence-electron chi connectivity index (χ3n) is 3.72. The fourth-order valence-electron chi connectivity index (χ4n) is 2.41. The molecule has 1 saturated heterocycles. The molecule has 0 aliphatic carbocycles. The number of sulfonamides is 1. The number of carbonyl (C=O) groups is 1. The fourth-order valence-corrected chi connectivity index (χ4v) is 3.29. The smallest absolute Gasteiger partial charge is 0.319 e. The molecule has 1 heterocycles. The van der Waals surface area contributed by atoms with Gasteiger partial charge < -0.3 is 10.6 Å². The summed E-state index contributed by atoms with van der Waals surface area (Å²) in [4.78, 5) is 11.7. The number of benzene rings is 1. The molecule has 1 aromatic carbocycles. The predicted octanol–water partition coefficient (Wildman–Crippen LogP) is 1.62. The molecule has 0 radical (unpaired) electrons. The summed E-state index contributed by atoms with van der Waals surface area (Å²) in [6, 6.07) is 5.49. The molecule has 22 heavy (non-hydrogen) atoms. The first-order valence-corrected chi connectivity index (χ1v) is 8.95. The van der Waals surface area contributed by atoms with E-state index in [0.29, 0.717) is 32.5 Å². The van der Waals surface area contributed by atoms with Crippen LogP contribution in [0.2, 0.25) is 0 Å². The number of carbonyl (C=O) groups excluding carboxylic acids is 1. The normalized spacial score (nSPS) is 17.2. The minimum Gasteiger partial charge on any atom is -0.338 e. The van der Waals surface area contributed by atoms with Gasteiger partial charge in [-0.25, -0.2) is 21.9 Å². The Labute approximate surface area is 129 Å². The average Bonchev–Trinajstić information content (AvgIpc) is 2.47. The molecule has 0 spiro atoms. The lowest BCUT2D eigenvalue weighted by atomic mass is 9.98. The molecule has 0 aromatic heterocycles. The van der Waals surface area contributed by atoms with Crippen LogP contribution in [0.1, 0.15) is 12.8 Å².